The van der Waals surface area contributed by atoms with E-state index in [-0.39, 0.29) is 0 Å². The molecule has 72 valence electrons. The lowest BCUT2D eigenvalue weighted by Crippen LogP contribution is -1.85. The number of fused-ring (bicyclic) bond motifs is 1. The van der Waals surface area contributed by atoms with E-state index in [1.54, 1.807) is 17.0 Å². The van der Waals surface area contributed by atoms with Crippen molar-refractivity contribution in [2.75, 3.05) is 0 Å². The minimum Gasteiger partial charge on any atom is -0.201 e. The first-order chi connectivity index (χ1) is 6.47. The molecule has 0 unspecified atom stereocenters. The standard InChI is InChI=1S/C5H4N4.2C2H6/c1-2-5-8-6-4-9(5)7-3-1;2*1-2/h1-4H;2*1-2H3. The van der Waals surface area contributed by atoms with Crippen LogP contribution in [0, 0.1) is 0 Å². The molecule has 0 radical (unpaired) electrons. The highest BCUT2D eigenvalue weighted by Gasteiger charge is 1.88. The van der Waals surface area contributed by atoms with Crippen molar-refractivity contribution in [1.29, 1.82) is 0 Å². The maximum Gasteiger partial charge on any atom is 0.177 e. The van der Waals surface area contributed by atoms with E-state index in [1.807, 2.05) is 39.8 Å². The molecule has 0 spiro atoms. The molecular weight excluding hydrogens is 164 g/mol. The summed E-state index contributed by atoms with van der Waals surface area (Å²) < 4.78 is 1.61. The quantitative estimate of drug-likeness (QED) is 0.624. The van der Waals surface area contributed by atoms with Gasteiger partial charge in [-0.2, -0.15) is 5.10 Å². The minimum atomic E-state index is 0.775. The first kappa shape index (κ1) is 11.6. The molecule has 0 amide bonds. The van der Waals surface area contributed by atoms with Crippen molar-refractivity contribution < 1.29 is 0 Å². The molecule has 0 saturated carbocycles. The SMILES string of the molecule is CC.CC.c1cnn2cnnc2c1. The van der Waals surface area contributed by atoms with E-state index in [0.717, 1.165) is 5.65 Å². The Hall–Kier alpha value is -1.45. The minimum absolute atomic E-state index is 0.775. The van der Waals surface area contributed by atoms with Gasteiger partial charge in [0.05, 0.1) is 0 Å². The molecule has 0 atom stereocenters. The summed E-state index contributed by atoms with van der Waals surface area (Å²) in [4.78, 5) is 0. The molecule has 4 heteroatoms. The molecular formula is C9H16N4. The molecule has 0 aliphatic heterocycles. The average molecular weight is 180 g/mol. The third-order valence-electron chi connectivity index (χ3n) is 1.08. The number of hydrogen-bond donors (Lipinski definition) is 0. The van der Waals surface area contributed by atoms with E-state index in [0.29, 0.717) is 0 Å². The molecule has 2 aromatic rings. The van der Waals surface area contributed by atoms with Gasteiger partial charge < -0.3 is 0 Å². The van der Waals surface area contributed by atoms with Crippen LogP contribution in [0.4, 0.5) is 0 Å². The second kappa shape index (κ2) is 7.21. The summed E-state index contributed by atoms with van der Waals surface area (Å²) in [6.07, 6.45) is 3.26. The fourth-order valence-corrected chi connectivity index (χ4v) is 0.677. The highest BCUT2D eigenvalue weighted by Crippen LogP contribution is 1.90. The zero-order chi connectivity index (χ0) is 10.1. The van der Waals surface area contributed by atoms with Gasteiger partial charge in [0.2, 0.25) is 0 Å². The summed E-state index contributed by atoms with van der Waals surface area (Å²) in [5.41, 5.74) is 0.775. The zero-order valence-electron chi connectivity index (χ0n) is 8.60. The topological polar surface area (TPSA) is 43.1 Å². The fraction of sp³-hybridized carbons (Fsp3) is 0.444. The van der Waals surface area contributed by atoms with E-state index in [1.165, 1.54) is 0 Å². The second-order valence-corrected chi connectivity index (χ2v) is 1.66. The van der Waals surface area contributed by atoms with Gasteiger partial charge in [0.25, 0.3) is 0 Å². The molecule has 2 rings (SSSR count). The highest BCUT2D eigenvalue weighted by atomic mass is 15.3. The van der Waals surface area contributed by atoms with Crippen molar-refractivity contribution >= 4 is 5.65 Å². The molecule has 0 aliphatic rings. The molecule has 2 aromatic heterocycles. The Balaban J connectivity index is 0.000000322. The van der Waals surface area contributed by atoms with Crippen molar-refractivity contribution in [2.45, 2.75) is 27.7 Å². The molecule has 2 heterocycles. The third kappa shape index (κ3) is 3.19. The van der Waals surface area contributed by atoms with Crippen LogP contribution in [-0.4, -0.2) is 19.8 Å². The largest absolute Gasteiger partial charge is 0.201 e. The van der Waals surface area contributed by atoms with Gasteiger partial charge in [-0.3, -0.25) is 0 Å². The summed E-state index contributed by atoms with van der Waals surface area (Å²) >= 11 is 0. The van der Waals surface area contributed by atoms with Crippen molar-refractivity contribution in [3.8, 4) is 0 Å². The lowest BCUT2D eigenvalue weighted by Gasteiger charge is -1.83. The van der Waals surface area contributed by atoms with Gasteiger partial charge in [-0.15, -0.1) is 10.2 Å². The van der Waals surface area contributed by atoms with Crippen LogP contribution in [0.2, 0.25) is 0 Å². The van der Waals surface area contributed by atoms with Gasteiger partial charge in [-0.1, -0.05) is 27.7 Å². The van der Waals surface area contributed by atoms with E-state index in [2.05, 4.69) is 15.3 Å². The Kier molecular flexibility index (Phi) is 6.41. The Bertz CT molecular complexity index is 286. The number of rotatable bonds is 0. The Morgan fingerprint density at radius 1 is 1.15 bits per heavy atom. The van der Waals surface area contributed by atoms with Crippen molar-refractivity contribution in [1.82, 2.24) is 19.8 Å². The summed E-state index contributed by atoms with van der Waals surface area (Å²) in [5.74, 6) is 0. The summed E-state index contributed by atoms with van der Waals surface area (Å²) in [7, 11) is 0. The normalized spacial score (nSPS) is 8.00. The number of aromatic nitrogens is 4. The summed E-state index contributed by atoms with van der Waals surface area (Å²) in [6.45, 7) is 8.00. The van der Waals surface area contributed by atoms with Crippen LogP contribution >= 0.6 is 0 Å². The van der Waals surface area contributed by atoms with E-state index in [4.69, 9.17) is 0 Å². The van der Waals surface area contributed by atoms with Crippen LogP contribution < -0.4 is 0 Å². The van der Waals surface area contributed by atoms with Gasteiger partial charge in [-0.25, -0.2) is 4.52 Å². The molecule has 0 aromatic carbocycles. The maximum absolute atomic E-state index is 3.93. The highest BCUT2D eigenvalue weighted by molar-refractivity contribution is 5.32. The van der Waals surface area contributed by atoms with Crippen molar-refractivity contribution in [2.24, 2.45) is 0 Å². The van der Waals surface area contributed by atoms with Crippen molar-refractivity contribution in [3.63, 3.8) is 0 Å². The molecule has 13 heavy (non-hydrogen) atoms. The molecule has 0 saturated heterocycles. The average Bonchev–Trinajstić information content (AvgIpc) is 2.71. The van der Waals surface area contributed by atoms with Crippen LogP contribution in [0.15, 0.2) is 24.7 Å². The Morgan fingerprint density at radius 2 is 1.85 bits per heavy atom. The predicted molar refractivity (Wildman–Crippen MR) is 53.5 cm³/mol. The fourth-order valence-electron chi connectivity index (χ4n) is 0.677. The van der Waals surface area contributed by atoms with E-state index >= 15 is 0 Å². The van der Waals surface area contributed by atoms with E-state index in [9.17, 15) is 0 Å². The van der Waals surface area contributed by atoms with Crippen molar-refractivity contribution in [3.05, 3.63) is 24.7 Å². The molecule has 4 nitrogen and oxygen atoms in total. The molecule has 0 N–H and O–H groups in total. The van der Waals surface area contributed by atoms with Crippen LogP contribution in [0.3, 0.4) is 0 Å². The van der Waals surface area contributed by atoms with E-state index < -0.39 is 0 Å². The smallest absolute Gasteiger partial charge is 0.177 e. The lowest BCUT2D eigenvalue weighted by atomic mass is 10.6. The van der Waals surface area contributed by atoms with Gasteiger partial charge in [0.1, 0.15) is 6.33 Å². The van der Waals surface area contributed by atoms with Crippen LogP contribution in [0.25, 0.3) is 5.65 Å². The lowest BCUT2D eigenvalue weighted by molar-refractivity contribution is 0.926. The first-order valence-corrected chi connectivity index (χ1v) is 4.58. The van der Waals surface area contributed by atoms with Crippen LogP contribution in [0.1, 0.15) is 27.7 Å². The predicted octanol–water partition coefficient (Wildman–Crippen LogP) is 2.18. The number of nitrogens with zero attached hydrogens (tertiary/aromatic N) is 4. The van der Waals surface area contributed by atoms with Crippen LogP contribution in [-0.2, 0) is 0 Å². The summed E-state index contributed by atoms with van der Waals surface area (Å²) in [6, 6.07) is 3.67. The van der Waals surface area contributed by atoms with Gasteiger partial charge in [-0.05, 0) is 12.1 Å². The van der Waals surface area contributed by atoms with Gasteiger partial charge >= 0.3 is 0 Å². The molecule has 0 aliphatic carbocycles. The maximum atomic E-state index is 3.93. The molecule has 0 fully saturated rings. The number of hydrogen-bond acceptors (Lipinski definition) is 3. The summed E-state index contributed by atoms with van der Waals surface area (Å²) in [5, 5.41) is 11.4. The third-order valence-corrected chi connectivity index (χ3v) is 1.08. The van der Waals surface area contributed by atoms with Gasteiger partial charge in [0.15, 0.2) is 5.65 Å². The monoisotopic (exact) mass is 180 g/mol. The zero-order valence-corrected chi connectivity index (χ0v) is 8.60. The first-order valence-electron chi connectivity index (χ1n) is 4.58. The Morgan fingerprint density at radius 3 is 2.46 bits per heavy atom. The van der Waals surface area contributed by atoms with Gasteiger partial charge in [0, 0.05) is 6.20 Å². The van der Waals surface area contributed by atoms with Crippen LogP contribution in [0.5, 0.6) is 0 Å². The molecule has 0 bridgehead atoms. The second-order valence-electron chi connectivity index (χ2n) is 1.66. The Labute approximate surface area is 78.6 Å².